The molecule has 7 heteroatoms. The van der Waals surface area contributed by atoms with E-state index < -0.39 is 40.1 Å². The Bertz CT molecular complexity index is 537. The van der Waals surface area contributed by atoms with Crippen LogP contribution in [0.1, 0.15) is 11.1 Å². The van der Waals surface area contributed by atoms with E-state index in [9.17, 15) is 17.6 Å². The Hall–Kier alpha value is -2.41. The average molecular weight is 227 g/mol. The molecule has 0 heterocycles. The lowest BCUT2D eigenvalue weighted by molar-refractivity contribution is 0.448. The summed E-state index contributed by atoms with van der Waals surface area (Å²) in [7, 11) is 0. The van der Waals surface area contributed by atoms with Crippen LogP contribution in [0, 0.1) is 51.3 Å². The molecule has 0 aliphatic carbocycles. The number of halogens is 4. The number of hydrogen-bond acceptors (Lipinski definition) is 3. The number of benzene rings is 1. The quantitative estimate of drug-likeness (QED) is 0.452. The average Bonchev–Trinajstić information content (AvgIpc) is 2.27. The Labute approximate surface area is 86.7 Å². The van der Waals surface area contributed by atoms with Crippen molar-refractivity contribution in [1.29, 1.82) is 15.9 Å². The van der Waals surface area contributed by atoms with Crippen LogP contribution in [0.4, 0.5) is 17.6 Å². The van der Waals surface area contributed by atoms with Gasteiger partial charge in [0.25, 0.3) is 0 Å². The summed E-state index contributed by atoms with van der Waals surface area (Å²) in [5.41, 5.74) is -4.11. The van der Waals surface area contributed by atoms with E-state index in [-0.39, 0.29) is 0 Å². The summed E-state index contributed by atoms with van der Waals surface area (Å²) < 4.78 is 52.2. The maximum absolute atomic E-state index is 13.1. The predicted molar refractivity (Wildman–Crippen MR) is 43.4 cm³/mol. The fourth-order valence-electron chi connectivity index (χ4n) is 1.01. The molecule has 1 aromatic rings. The molecule has 0 radical (unpaired) electrons. The van der Waals surface area contributed by atoms with Gasteiger partial charge >= 0.3 is 0 Å². The molecule has 0 aliphatic rings. The van der Waals surface area contributed by atoms with E-state index >= 15 is 0 Å². The smallest absolute Gasteiger partial charge is 0.180 e. The molecule has 0 amide bonds. The lowest BCUT2D eigenvalue weighted by atomic mass is 10.1. The van der Waals surface area contributed by atoms with Crippen molar-refractivity contribution in [2.75, 3.05) is 0 Å². The molecule has 0 aliphatic heterocycles. The highest BCUT2D eigenvalue weighted by atomic mass is 19.2. The van der Waals surface area contributed by atoms with Gasteiger partial charge in [0.2, 0.25) is 0 Å². The van der Waals surface area contributed by atoms with Crippen molar-refractivity contribution in [2.45, 2.75) is 0 Å². The fraction of sp³-hybridized carbons (Fsp3) is 0. The second kappa shape index (κ2) is 3.99. The maximum Gasteiger partial charge on any atom is 0.180 e. The van der Waals surface area contributed by atoms with Crippen molar-refractivity contribution in [1.82, 2.24) is 0 Å². The van der Waals surface area contributed by atoms with Crippen molar-refractivity contribution in [3.05, 3.63) is 34.4 Å². The third kappa shape index (κ3) is 1.48. The maximum atomic E-state index is 13.1. The SMILES string of the molecule is N#CC(=N)c1c(F)c(F)c(C#N)c(F)c1F. The van der Waals surface area contributed by atoms with E-state index in [1.165, 1.54) is 0 Å². The normalized spacial score (nSPS) is 9.38. The van der Waals surface area contributed by atoms with Gasteiger partial charge in [0.05, 0.1) is 5.56 Å². The van der Waals surface area contributed by atoms with Crippen LogP contribution >= 0.6 is 0 Å². The van der Waals surface area contributed by atoms with Crippen molar-refractivity contribution in [3.8, 4) is 12.1 Å². The van der Waals surface area contributed by atoms with Gasteiger partial charge in [-0.2, -0.15) is 10.5 Å². The third-order valence-corrected chi connectivity index (χ3v) is 1.74. The van der Waals surface area contributed by atoms with E-state index in [0.29, 0.717) is 0 Å². The molecule has 0 fully saturated rings. The largest absolute Gasteiger partial charge is 0.289 e. The molecular weight excluding hydrogens is 226 g/mol. The fourth-order valence-corrected chi connectivity index (χ4v) is 1.01. The lowest BCUT2D eigenvalue weighted by Crippen LogP contribution is -2.11. The zero-order valence-corrected chi connectivity index (χ0v) is 7.41. The monoisotopic (exact) mass is 227 g/mol. The Morgan fingerprint density at radius 2 is 1.38 bits per heavy atom. The van der Waals surface area contributed by atoms with Crippen LogP contribution in [0.25, 0.3) is 0 Å². The number of nitrogens with one attached hydrogen (secondary N) is 1. The van der Waals surface area contributed by atoms with Crippen molar-refractivity contribution < 1.29 is 17.6 Å². The summed E-state index contributed by atoms with van der Waals surface area (Å²) in [6.07, 6.45) is 0. The van der Waals surface area contributed by atoms with Gasteiger partial charge in [-0.15, -0.1) is 0 Å². The topological polar surface area (TPSA) is 71.4 Å². The summed E-state index contributed by atoms with van der Waals surface area (Å²) in [6.45, 7) is 0. The van der Waals surface area contributed by atoms with Gasteiger partial charge < -0.3 is 0 Å². The molecule has 16 heavy (non-hydrogen) atoms. The molecule has 0 bridgehead atoms. The zero-order chi connectivity index (χ0) is 12.5. The molecule has 0 atom stereocenters. The van der Waals surface area contributed by atoms with E-state index in [4.69, 9.17) is 15.9 Å². The predicted octanol–water partition coefficient (Wildman–Crippen LogP) is 2.01. The Balaban J connectivity index is 3.77. The van der Waals surface area contributed by atoms with Crippen LogP contribution < -0.4 is 0 Å². The van der Waals surface area contributed by atoms with Gasteiger partial charge in [-0.3, -0.25) is 5.41 Å². The standard InChI is InChI=1S/C9HF4N3/c10-6-3(1-14)7(11)9(13)5(8(6)12)4(16)2-15/h16H. The van der Waals surface area contributed by atoms with E-state index in [0.717, 1.165) is 12.1 Å². The van der Waals surface area contributed by atoms with Crippen molar-refractivity contribution in [3.63, 3.8) is 0 Å². The lowest BCUT2D eigenvalue weighted by Gasteiger charge is -2.05. The van der Waals surface area contributed by atoms with Crippen LogP contribution in [-0.4, -0.2) is 5.71 Å². The van der Waals surface area contributed by atoms with Gasteiger partial charge in [-0.25, -0.2) is 17.6 Å². The Morgan fingerprint density at radius 3 is 1.69 bits per heavy atom. The number of hydrogen-bond donors (Lipinski definition) is 1. The number of nitrogens with zero attached hydrogens (tertiary/aromatic N) is 2. The molecule has 0 spiro atoms. The zero-order valence-electron chi connectivity index (χ0n) is 7.41. The first-order chi connectivity index (χ1) is 7.45. The first-order valence-electron chi connectivity index (χ1n) is 3.70. The minimum Gasteiger partial charge on any atom is -0.289 e. The second-order valence-corrected chi connectivity index (χ2v) is 2.60. The molecule has 1 N–H and O–H groups in total. The van der Waals surface area contributed by atoms with Crippen LogP contribution in [0.5, 0.6) is 0 Å². The van der Waals surface area contributed by atoms with Crippen LogP contribution in [0.15, 0.2) is 0 Å². The summed E-state index contributed by atoms with van der Waals surface area (Å²) in [5, 5.41) is 23.3. The van der Waals surface area contributed by atoms with Crippen LogP contribution in [0.2, 0.25) is 0 Å². The van der Waals surface area contributed by atoms with E-state index in [1.54, 1.807) is 0 Å². The molecule has 0 unspecified atom stereocenters. The van der Waals surface area contributed by atoms with E-state index in [2.05, 4.69) is 0 Å². The molecular formula is C9HF4N3. The second-order valence-electron chi connectivity index (χ2n) is 2.60. The molecule has 1 aromatic carbocycles. The van der Waals surface area contributed by atoms with Gasteiger partial charge in [0, 0.05) is 0 Å². The van der Waals surface area contributed by atoms with Crippen molar-refractivity contribution in [2.24, 2.45) is 0 Å². The molecule has 0 saturated heterocycles. The van der Waals surface area contributed by atoms with Gasteiger partial charge in [0.1, 0.15) is 23.4 Å². The molecule has 1 rings (SSSR count). The van der Waals surface area contributed by atoms with Crippen molar-refractivity contribution >= 4 is 5.71 Å². The molecule has 80 valence electrons. The Morgan fingerprint density at radius 1 is 0.938 bits per heavy atom. The molecule has 0 aromatic heterocycles. The number of rotatable bonds is 1. The third-order valence-electron chi connectivity index (χ3n) is 1.74. The first-order valence-corrected chi connectivity index (χ1v) is 3.70. The minimum atomic E-state index is -1.93. The first kappa shape index (κ1) is 11.7. The van der Waals surface area contributed by atoms with Crippen LogP contribution in [0.3, 0.4) is 0 Å². The summed E-state index contributed by atoms with van der Waals surface area (Å²) >= 11 is 0. The summed E-state index contributed by atoms with van der Waals surface area (Å²) in [6, 6.07) is 1.99. The van der Waals surface area contributed by atoms with Crippen LogP contribution in [-0.2, 0) is 0 Å². The highest BCUT2D eigenvalue weighted by molar-refractivity contribution is 6.09. The Kier molecular flexibility index (Phi) is 2.91. The molecule has 0 saturated carbocycles. The van der Waals surface area contributed by atoms with Gasteiger partial charge in [-0.1, -0.05) is 0 Å². The summed E-state index contributed by atoms with van der Waals surface area (Å²) in [4.78, 5) is 0. The van der Waals surface area contributed by atoms with E-state index in [1.807, 2.05) is 0 Å². The minimum absolute atomic E-state index is 0.946. The number of nitriles is 2. The van der Waals surface area contributed by atoms with Gasteiger partial charge in [-0.05, 0) is 0 Å². The summed E-state index contributed by atoms with van der Waals surface area (Å²) in [5.74, 6) is -7.70. The highest BCUT2D eigenvalue weighted by Gasteiger charge is 2.27. The van der Waals surface area contributed by atoms with Gasteiger partial charge in [0.15, 0.2) is 23.3 Å². The highest BCUT2D eigenvalue weighted by Crippen LogP contribution is 2.23. The molecule has 3 nitrogen and oxygen atoms in total.